The summed E-state index contributed by atoms with van der Waals surface area (Å²) >= 11 is 0. The highest BCUT2D eigenvalue weighted by molar-refractivity contribution is 6.11. The first-order chi connectivity index (χ1) is 14.2. The van der Waals surface area contributed by atoms with Gasteiger partial charge in [0.05, 0.1) is 29.8 Å². The first-order valence-corrected chi connectivity index (χ1v) is 10.9. The number of amidine groups is 1. The van der Waals surface area contributed by atoms with Gasteiger partial charge >= 0.3 is 0 Å². The molecule has 0 bridgehead atoms. The number of anilines is 2. The molecule has 2 N–H and O–H groups in total. The van der Waals surface area contributed by atoms with Crippen molar-refractivity contribution in [1.29, 1.82) is 0 Å². The maximum absolute atomic E-state index is 6.45. The second-order valence-corrected chi connectivity index (χ2v) is 8.92. The van der Waals surface area contributed by atoms with Gasteiger partial charge in [-0.2, -0.15) is 0 Å². The van der Waals surface area contributed by atoms with Gasteiger partial charge in [-0.15, -0.1) is 0 Å². The number of rotatable bonds is 1. The molecule has 1 saturated heterocycles. The van der Waals surface area contributed by atoms with Gasteiger partial charge in [-0.25, -0.2) is 9.97 Å². The molecule has 0 radical (unpaired) electrons. The zero-order valence-corrected chi connectivity index (χ0v) is 16.7. The van der Waals surface area contributed by atoms with Crippen LogP contribution in [0.3, 0.4) is 0 Å². The highest BCUT2D eigenvalue weighted by Crippen LogP contribution is 2.45. The Labute approximate surface area is 171 Å². The Bertz CT molecular complexity index is 987. The number of nitrogens with two attached hydrogens (primary N) is 1. The maximum atomic E-state index is 6.45. The zero-order chi connectivity index (χ0) is 19.4. The molecule has 0 aromatic carbocycles. The molecule has 5 heterocycles. The quantitative estimate of drug-likeness (QED) is 0.806. The Morgan fingerprint density at radius 3 is 2.97 bits per heavy atom. The van der Waals surface area contributed by atoms with Crippen molar-refractivity contribution in [3.63, 3.8) is 0 Å². The second-order valence-electron chi connectivity index (χ2n) is 8.92. The van der Waals surface area contributed by atoms with Gasteiger partial charge in [-0.3, -0.25) is 9.98 Å². The van der Waals surface area contributed by atoms with Crippen molar-refractivity contribution in [2.75, 3.05) is 29.4 Å². The molecule has 6 rings (SSSR count). The number of aromatic nitrogens is 3. The highest BCUT2D eigenvalue weighted by Gasteiger charge is 2.46. The lowest BCUT2D eigenvalue weighted by Crippen LogP contribution is -2.39. The Kier molecular flexibility index (Phi) is 3.88. The van der Waals surface area contributed by atoms with Gasteiger partial charge in [-0.05, 0) is 44.2 Å². The molecule has 2 aromatic heterocycles. The number of fused-ring (bicyclic) bond motifs is 2. The lowest BCUT2D eigenvalue weighted by molar-refractivity contribution is 0.297. The van der Waals surface area contributed by atoms with Gasteiger partial charge in [0.2, 0.25) is 0 Å². The van der Waals surface area contributed by atoms with Gasteiger partial charge in [-0.1, -0.05) is 6.42 Å². The molecule has 3 aliphatic heterocycles. The number of hydrogen-bond acceptors (Lipinski definition) is 7. The van der Waals surface area contributed by atoms with E-state index in [1.165, 1.54) is 19.3 Å². The standard InChI is InChI=1S/C22H27N7/c23-18-6-1-7-22(18)8-11-28(14-22)19-13-25-20-16(27-19)12-26-21(20)29-10-3-4-15-17(29)5-2-9-24-15/h2,5,9,13,18H,1,3-4,6-8,10-12,14,23H2. The van der Waals surface area contributed by atoms with Crippen LogP contribution >= 0.6 is 0 Å². The summed E-state index contributed by atoms with van der Waals surface area (Å²) in [5.74, 6) is 1.93. The van der Waals surface area contributed by atoms with Crippen LogP contribution in [0.5, 0.6) is 0 Å². The van der Waals surface area contributed by atoms with E-state index in [9.17, 15) is 0 Å². The van der Waals surface area contributed by atoms with Gasteiger partial charge in [0.15, 0.2) is 5.84 Å². The van der Waals surface area contributed by atoms with Crippen LogP contribution in [0.1, 0.15) is 49.2 Å². The average Bonchev–Trinajstić information content (AvgIpc) is 3.47. The van der Waals surface area contributed by atoms with E-state index in [0.29, 0.717) is 12.6 Å². The summed E-state index contributed by atoms with van der Waals surface area (Å²) in [4.78, 5) is 23.9. The lowest BCUT2D eigenvalue weighted by Gasteiger charge is -2.30. The summed E-state index contributed by atoms with van der Waals surface area (Å²) in [6, 6.07) is 4.47. The fraction of sp³-hybridized carbons (Fsp3) is 0.545. The Morgan fingerprint density at radius 2 is 2.07 bits per heavy atom. The lowest BCUT2D eigenvalue weighted by atomic mass is 9.82. The van der Waals surface area contributed by atoms with Gasteiger partial charge in [0.1, 0.15) is 11.5 Å². The highest BCUT2D eigenvalue weighted by atomic mass is 15.3. The minimum Gasteiger partial charge on any atom is -0.355 e. The first-order valence-electron chi connectivity index (χ1n) is 10.9. The Morgan fingerprint density at radius 1 is 1.10 bits per heavy atom. The summed E-state index contributed by atoms with van der Waals surface area (Å²) in [5, 5.41) is 0. The van der Waals surface area contributed by atoms with E-state index >= 15 is 0 Å². The van der Waals surface area contributed by atoms with Crippen LogP contribution in [0.15, 0.2) is 29.5 Å². The fourth-order valence-corrected chi connectivity index (χ4v) is 5.68. The van der Waals surface area contributed by atoms with Crippen molar-refractivity contribution in [1.82, 2.24) is 15.0 Å². The van der Waals surface area contributed by atoms with Crippen molar-refractivity contribution < 1.29 is 0 Å². The van der Waals surface area contributed by atoms with Crippen molar-refractivity contribution in [3.8, 4) is 0 Å². The smallest absolute Gasteiger partial charge is 0.156 e. The second kappa shape index (κ2) is 6.49. The number of aryl methyl sites for hydroxylation is 1. The molecular formula is C22H27N7. The molecule has 1 spiro atoms. The van der Waals surface area contributed by atoms with Crippen molar-refractivity contribution >= 4 is 17.3 Å². The fourth-order valence-electron chi connectivity index (χ4n) is 5.68. The summed E-state index contributed by atoms with van der Waals surface area (Å²) in [5.41, 5.74) is 11.0. The van der Waals surface area contributed by atoms with Crippen molar-refractivity contribution in [2.24, 2.45) is 16.1 Å². The van der Waals surface area contributed by atoms with E-state index in [4.69, 9.17) is 20.7 Å². The third-order valence-corrected chi connectivity index (χ3v) is 7.32. The molecular weight excluding hydrogens is 362 g/mol. The summed E-state index contributed by atoms with van der Waals surface area (Å²) in [6.45, 7) is 3.60. The van der Waals surface area contributed by atoms with Crippen molar-refractivity contribution in [3.05, 3.63) is 41.6 Å². The largest absolute Gasteiger partial charge is 0.355 e. The molecule has 2 unspecified atom stereocenters. The minimum atomic E-state index is 0.285. The van der Waals surface area contributed by atoms with Gasteiger partial charge in [0.25, 0.3) is 0 Å². The van der Waals surface area contributed by atoms with E-state index in [-0.39, 0.29) is 5.41 Å². The topological polar surface area (TPSA) is 83.5 Å². The third-order valence-electron chi connectivity index (χ3n) is 7.32. The van der Waals surface area contributed by atoms with E-state index in [1.54, 1.807) is 0 Å². The van der Waals surface area contributed by atoms with E-state index in [0.717, 1.165) is 73.3 Å². The molecule has 1 aliphatic carbocycles. The molecule has 29 heavy (non-hydrogen) atoms. The van der Waals surface area contributed by atoms with Crippen LogP contribution in [-0.4, -0.2) is 46.5 Å². The van der Waals surface area contributed by atoms with Crippen LogP contribution in [0.2, 0.25) is 0 Å². The predicted molar refractivity (Wildman–Crippen MR) is 113 cm³/mol. The van der Waals surface area contributed by atoms with Crippen molar-refractivity contribution in [2.45, 2.75) is 51.1 Å². The van der Waals surface area contributed by atoms with Crippen LogP contribution in [-0.2, 0) is 13.0 Å². The normalized spacial score (nSPS) is 28.0. The number of pyridine rings is 1. The van der Waals surface area contributed by atoms with Gasteiger partial charge in [0, 0.05) is 37.3 Å². The van der Waals surface area contributed by atoms with Crippen LogP contribution in [0, 0.1) is 5.41 Å². The monoisotopic (exact) mass is 389 g/mol. The van der Waals surface area contributed by atoms with Gasteiger partial charge < -0.3 is 15.5 Å². The molecule has 7 heteroatoms. The van der Waals surface area contributed by atoms with Crippen LogP contribution < -0.4 is 15.5 Å². The minimum absolute atomic E-state index is 0.285. The molecule has 150 valence electrons. The maximum Gasteiger partial charge on any atom is 0.156 e. The molecule has 4 aliphatic rings. The molecule has 2 atom stereocenters. The van der Waals surface area contributed by atoms with E-state index in [2.05, 4.69) is 20.9 Å². The number of nitrogens with zero attached hydrogens (tertiary/aromatic N) is 6. The number of hydrogen-bond donors (Lipinski definition) is 1. The molecule has 7 nitrogen and oxygen atoms in total. The average molecular weight is 390 g/mol. The predicted octanol–water partition coefficient (Wildman–Crippen LogP) is 2.29. The SMILES string of the molecule is NC1CCCC12CCN(c1cnc3c(n1)CN=C3N1CCCc3ncccc31)C2. The van der Waals surface area contributed by atoms with E-state index < -0.39 is 0 Å². The summed E-state index contributed by atoms with van der Waals surface area (Å²) in [6.07, 6.45) is 10.8. The van der Waals surface area contributed by atoms with Crippen LogP contribution in [0.4, 0.5) is 11.5 Å². The first kappa shape index (κ1) is 17.3. The molecule has 0 amide bonds. The van der Waals surface area contributed by atoms with E-state index in [1.807, 2.05) is 18.5 Å². The summed E-state index contributed by atoms with van der Waals surface area (Å²) < 4.78 is 0. The Hall–Kier alpha value is -2.54. The zero-order valence-electron chi connectivity index (χ0n) is 16.7. The summed E-state index contributed by atoms with van der Waals surface area (Å²) in [7, 11) is 0. The van der Waals surface area contributed by atoms with Crippen LogP contribution in [0.25, 0.3) is 0 Å². The third kappa shape index (κ3) is 2.67. The molecule has 2 aromatic rings. The Balaban J connectivity index is 1.27. The number of aliphatic imine (C=N–C) groups is 1. The molecule has 2 fully saturated rings. The molecule has 1 saturated carbocycles.